The van der Waals surface area contributed by atoms with Gasteiger partial charge in [-0.1, -0.05) is 0 Å². The van der Waals surface area contributed by atoms with Crippen LogP contribution in [0.5, 0.6) is 0 Å². The summed E-state index contributed by atoms with van der Waals surface area (Å²) in [5, 5.41) is 8.97. The van der Waals surface area contributed by atoms with Crippen LogP contribution in [0.3, 0.4) is 0 Å². The molecule has 2 rings (SSSR count). The van der Waals surface area contributed by atoms with E-state index in [1.165, 1.54) is 0 Å². The summed E-state index contributed by atoms with van der Waals surface area (Å²) in [6.45, 7) is 3.42. The van der Waals surface area contributed by atoms with E-state index in [4.69, 9.17) is 5.11 Å². The molecule has 0 radical (unpaired) electrons. The van der Waals surface area contributed by atoms with Gasteiger partial charge in [0.25, 0.3) is 0 Å². The van der Waals surface area contributed by atoms with E-state index < -0.39 is 16.8 Å². The minimum absolute atomic E-state index is 0.0270. The quantitative estimate of drug-likeness (QED) is 0.881. The van der Waals surface area contributed by atoms with Gasteiger partial charge in [0.15, 0.2) is 0 Å². The number of nitrogens with zero attached hydrogens (tertiary/aromatic N) is 2. The molecule has 1 N–H and O–H groups in total. The van der Waals surface area contributed by atoms with E-state index in [1.54, 1.807) is 18.4 Å². The van der Waals surface area contributed by atoms with Crippen LogP contribution in [0.4, 0.5) is 0 Å². The fraction of sp³-hybridized carbons (Fsp3) is 0.615. The summed E-state index contributed by atoms with van der Waals surface area (Å²) in [5.41, 5.74) is 1.41. The normalized spacial score (nSPS) is 22.7. The van der Waals surface area contributed by atoms with Crippen LogP contribution in [-0.2, 0) is 22.0 Å². The van der Waals surface area contributed by atoms with Crippen molar-refractivity contribution in [2.75, 3.05) is 11.5 Å². The average molecular weight is 298 g/mol. The lowest BCUT2D eigenvalue weighted by molar-refractivity contribution is -0.136. The van der Waals surface area contributed by atoms with Crippen LogP contribution in [0, 0.1) is 13.8 Å². The Labute approximate surface area is 119 Å². The average Bonchev–Trinajstić information content (AvgIpc) is 2.36. The molecule has 7 heteroatoms. The Hall–Kier alpha value is -1.50. The first kappa shape index (κ1) is 14.9. The van der Waals surface area contributed by atoms with Gasteiger partial charge in [-0.25, -0.2) is 4.79 Å². The minimum atomic E-state index is -0.937. The van der Waals surface area contributed by atoms with Crippen LogP contribution in [0.15, 0.2) is 4.79 Å². The number of rotatable bonds is 3. The lowest BCUT2D eigenvalue weighted by Crippen LogP contribution is -2.34. The maximum absolute atomic E-state index is 12.1. The lowest BCUT2D eigenvalue weighted by Gasteiger charge is -2.26. The molecule has 1 aromatic heterocycles. The lowest BCUT2D eigenvalue weighted by atomic mass is 10.1. The van der Waals surface area contributed by atoms with Gasteiger partial charge in [-0.3, -0.25) is 13.6 Å². The van der Waals surface area contributed by atoms with Gasteiger partial charge in [-0.05, 0) is 26.7 Å². The summed E-state index contributed by atoms with van der Waals surface area (Å²) >= 11 is 0. The van der Waals surface area contributed by atoms with Crippen molar-refractivity contribution < 1.29 is 14.1 Å². The number of carboxylic acid groups (broad SMARTS) is 1. The van der Waals surface area contributed by atoms with Crippen molar-refractivity contribution in [3.8, 4) is 0 Å². The second kappa shape index (κ2) is 5.87. The van der Waals surface area contributed by atoms with Gasteiger partial charge in [-0.2, -0.15) is 4.98 Å². The zero-order valence-electron chi connectivity index (χ0n) is 11.6. The smallest absolute Gasteiger partial charge is 0.348 e. The summed E-state index contributed by atoms with van der Waals surface area (Å²) < 4.78 is 13.0. The first-order chi connectivity index (χ1) is 9.40. The highest BCUT2D eigenvalue weighted by Crippen LogP contribution is 2.23. The largest absolute Gasteiger partial charge is 0.481 e. The summed E-state index contributed by atoms with van der Waals surface area (Å²) in [6, 6.07) is -0.0270. The van der Waals surface area contributed by atoms with Crippen molar-refractivity contribution in [2.45, 2.75) is 39.2 Å². The van der Waals surface area contributed by atoms with Crippen LogP contribution < -0.4 is 5.69 Å². The van der Waals surface area contributed by atoms with Crippen molar-refractivity contribution in [1.82, 2.24) is 9.55 Å². The number of aromatic nitrogens is 2. The highest BCUT2D eigenvalue weighted by atomic mass is 32.2. The van der Waals surface area contributed by atoms with Gasteiger partial charge in [-0.15, -0.1) is 0 Å². The predicted molar refractivity (Wildman–Crippen MR) is 75.5 cm³/mol. The van der Waals surface area contributed by atoms with Gasteiger partial charge in [0.05, 0.1) is 6.42 Å². The van der Waals surface area contributed by atoms with Gasteiger partial charge in [0, 0.05) is 45.3 Å². The molecule has 110 valence electrons. The fourth-order valence-electron chi connectivity index (χ4n) is 2.69. The van der Waals surface area contributed by atoms with Gasteiger partial charge in [0.2, 0.25) is 0 Å². The molecular formula is C13H18N2O4S. The highest BCUT2D eigenvalue weighted by molar-refractivity contribution is 7.85. The van der Waals surface area contributed by atoms with E-state index >= 15 is 0 Å². The van der Waals surface area contributed by atoms with Crippen LogP contribution in [0.25, 0.3) is 0 Å². The molecule has 0 aliphatic carbocycles. The Balaban J connectivity index is 2.44. The summed E-state index contributed by atoms with van der Waals surface area (Å²) in [7, 11) is -0.797. The van der Waals surface area contributed by atoms with Crippen molar-refractivity contribution in [3.63, 3.8) is 0 Å². The fourth-order valence-corrected chi connectivity index (χ4v) is 3.97. The second-order valence-corrected chi connectivity index (χ2v) is 6.76. The Bertz CT molecular complexity index is 614. The molecular weight excluding hydrogens is 280 g/mol. The van der Waals surface area contributed by atoms with E-state index in [0.717, 1.165) is 0 Å². The Morgan fingerprint density at radius 1 is 1.40 bits per heavy atom. The molecule has 20 heavy (non-hydrogen) atoms. The second-order valence-electron chi connectivity index (χ2n) is 5.06. The molecule has 0 atom stereocenters. The van der Waals surface area contributed by atoms with E-state index in [2.05, 4.69) is 4.98 Å². The van der Waals surface area contributed by atoms with Gasteiger partial charge in [0.1, 0.15) is 0 Å². The third kappa shape index (κ3) is 2.98. The van der Waals surface area contributed by atoms with E-state index in [9.17, 15) is 13.8 Å². The number of hydrogen-bond acceptors (Lipinski definition) is 4. The van der Waals surface area contributed by atoms with Crippen molar-refractivity contribution in [3.05, 3.63) is 27.4 Å². The molecule has 0 bridgehead atoms. The first-order valence-corrected chi connectivity index (χ1v) is 8.04. The van der Waals surface area contributed by atoms with Crippen molar-refractivity contribution in [2.24, 2.45) is 0 Å². The molecule has 2 heterocycles. The van der Waals surface area contributed by atoms with Crippen LogP contribution in [0.1, 0.15) is 35.8 Å². The predicted octanol–water partition coefficient (Wildman–Crippen LogP) is 0.571. The maximum Gasteiger partial charge on any atom is 0.348 e. The molecule has 0 saturated carbocycles. The number of hydrogen-bond donors (Lipinski definition) is 1. The first-order valence-electron chi connectivity index (χ1n) is 6.55. The van der Waals surface area contributed by atoms with Crippen LogP contribution in [-0.4, -0.2) is 36.3 Å². The zero-order chi connectivity index (χ0) is 14.9. The van der Waals surface area contributed by atoms with E-state index in [1.807, 2.05) is 0 Å². The van der Waals surface area contributed by atoms with Gasteiger partial charge >= 0.3 is 11.7 Å². The number of carbonyl (C=O) groups is 1. The molecule has 1 saturated heterocycles. The SMILES string of the molecule is Cc1nc(=O)n(C2CCS(=O)CC2)c(C)c1CC(=O)O. The number of aryl methyl sites for hydroxylation is 1. The maximum atomic E-state index is 12.1. The highest BCUT2D eigenvalue weighted by Gasteiger charge is 2.24. The molecule has 0 spiro atoms. The van der Waals surface area contributed by atoms with Crippen molar-refractivity contribution in [1.29, 1.82) is 0 Å². The molecule has 6 nitrogen and oxygen atoms in total. The third-order valence-electron chi connectivity index (χ3n) is 3.75. The number of aliphatic carboxylic acids is 1. The molecule has 1 aliphatic heterocycles. The van der Waals surface area contributed by atoms with Crippen molar-refractivity contribution >= 4 is 16.8 Å². The third-order valence-corrected chi connectivity index (χ3v) is 5.14. The van der Waals surface area contributed by atoms with Gasteiger partial charge < -0.3 is 5.11 Å². The Morgan fingerprint density at radius 3 is 2.55 bits per heavy atom. The summed E-state index contributed by atoms with van der Waals surface area (Å²) in [4.78, 5) is 27.0. The topological polar surface area (TPSA) is 89.3 Å². The zero-order valence-corrected chi connectivity index (χ0v) is 12.4. The molecule has 1 aliphatic rings. The summed E-state index contributed by atoms with van der Waals surface area (Å²) in [5.74, 6) is 0.227. The van der Waals surface area contributed by atoms with Crippen LogP contribution in [0.2, 0.25) is 0 Å². The number of carboxylic acids is 1. The molecule has 0 amide bonds. The van der Waals surface area contributed by atoms with Crippen LogP contribution >= 0.6 is 0 Å². The summed E-state index contributed by atoms with van der Waals surface area (Å²) in [6.07, 6.45) is 1.21. The molecule has 1 fully saturated rings. The Morgan fingerprint density at radius 2 is 2.00 bits per heavy atom. The standard InChI is InChI=1S/C13H18N2O4S/c1-8-11(7-12(16)17)9(2)15(13(18)14-8)10-3-5-20(19)6-4-10/h10H,3-7H2,1-2H3,(H,16,17). The molecule has 0 unspecified atom stereocenters. The van der Waals surface area contributed by atoms with E-state index in [-0.39, 0.29) is 18.2 Å². The monoisotopic (exact) mass is 298 g/mol. The van der Waals surface area contributed by atoms with E-state index in [0.29, 0.717) is 41.3 Å². The molecule has 1 aromatic rings. The minimum Gasteiger partial charge on any atom is -0.481 e. The Kier molecular flexibility index (Phi) is 4.37. The molecule has 0 aromatic carbocycles.